The Morgan fingerprint density at radius 1 is 1.12 bits per heavy atom. The summed E-state index contributed by atoms with van der Waals surface area (Å²) >= 11 is 3.25. The second kappa shape index (κ2) is 6.59. The van der Waals surface area contributed by atoms with Gasteiger partial charge in [0, 0.05) is 11.4 Å². The highest BCUT2D eigenvalue weighted by molar-refractivity contribution is 7.21. The molecule has 3 heterocycles. The zero-order chi connectivity index (χ0) is 16.4. The highest BCUT2D eigenvalue weighted by atomic mass is 32.1. The molecule has 0 saturated heterocycles. The number of thiophene rings is 1. The molecule has 1 amide bonds. The Morgan fingerprint density at radius 2 is 2.04 bits per heavy atom. The van der Waals surface area contributed by atoms with Crippen molar-refractivity contribution in [1.82, 2.24) is 10.3 Å². The van der Waals surface area contributed by atoms with Gasteiger partial charge in [0.15, 0.2) is 16.5 Å². The maximum Gasteiger partial charge on any atom is 0.287 e. The van der Waals surface area contributed by atoms with Gasteiger partial charge >= 0.3 is 0 Å². The molecule has 0 aliphatic heterocycles. The summed E-state index contributed by atoms with van der Waals surface area (Å²) in [5.41, 5.74) is 0.941. The molecule has 4 rings (SSSR count). The molecule has 0 atom stereocenters. The van der Waals surface area contributed by atoms with Crippen molar-refractivity contribution in [1.29, 1.82) is 0 Å². The number of nitrogens with zero attached hydrogens (tertiary/aromatic N) is 1. The van der Waals surface area contributed by atoms with Crippen molar-refractivity contribution in [2.45, 2.75) is 6.42 Å². The third-order valence-electron chi connectivity index (χ3n) is 3.57. The van der Waals surface area contributed by atoms with Crippen LogP contribution < -0.4 is 5.32 Å². The number of carbonyl (C=O) groups excluding carboxylic acids is 1. The number of para-hydroxylation sites is 1. The fraction of sp³-hybridized carbons (Fsp3) is 0.111. The highest BCUT2D eigenvalue weighted by Gasteiger charge is 2.14. The molecule has 4 nitrogen and oxygen atoms in total. The average molecular weight is 354 g/mol. The molecule has 1 N–H and O–H groups in total. The molecule has 1 aromatic carbocycles. The fourth-order valence-corrected chi connectivity index (χ4v) is 4.03. The molecule has 120 valence electrons. The summed E-state index contributed by atoms with van der Waals surface area (Å²) in [6, 6.07) is 15.5. The van der Waals surface area contributed by atoms with E-state index in [9.17, 15) is 4.79 Å². The average Bonchev–Trinajstić information content (AvgIpc) is 3.33. The number of amides is 1. The number of thiazole rings is 1. The number of nitrogens with one attached hydrogen (secondary N) is 1. The summed E-state index contributed by atoms with van der Waals surface area (Å²) in [4.78, 5) is 18.0. The van der Waals surface area contributed by atoms with Crippen LogP contribution >= 0.6 is 22.7 Å². The lowest BCUT2D eigenvalue weighted by Gasteiger charge is -2.01. The predicted molar refractivity (Wildman–Crippen MR) is 97.7 cm³/mol. The lowest BCUT2D eigenvalue weighted by Crippen LogP contribution is -2.25. The number of furan rings is 1. The minimum absolute atomic E-state index is 0.195. The first-order chi connectivity index (χ1) is 11.8. The van der Waals surface area contributed by atoms with Gasteiger partial charge in [0.25, 0.3) is 5.91 Å². The van der Waals surface area contributed by atoms with Gasteiger partial charge in [-0.05, 0) is 42.1 Å². The maximum atomic E-state index is 12.2. The van der Waals surface area contributed by atoms with E-state index in [0.29, 0.717) is 18.1 Å². The van der Waals surface area contributed by atoms with Crippen LogP contribution in [0.15, 0.2) is 58.3 Å². The molecule has 0 fully saturated rings. The van der Waals surface area contributed by atoms with Gasteiger partial charge in [0.2, 0.25) is 0 Å². The third-order valence-corrected chi connectivity index (χ3v) is 5.56. The van der Waals surface area contributed by atoms with E-state index in [1.54, 1.807) is 34.8 Å². The molecule has 0 aliphatic rings. The Bertz CT molecular complexity index is 937. The monoisotopic (exact) mass is 354 g/mol. The number of benzene rings is 1. The second-order valence-electron chi connectivity index (χ2n) is 5.24. The molecule has 0 aliphatic carbocycles. The zero-order valence-corrected chi connectivity index (χ0v) is 14.3. The van der Waals surface area contributed by atoms with Crippen LogP contribution in [0, 0.1) is 0 Å². The van der Waals surface area contributed by atoms with Crippen molar-refractivity contribution in [2.75, 3.05) is 6.54 Å². The van der Waals surface area contributed by atoms with E-state index in [2.05, 4.69) is 16.4 Å². The van der Waals surface area contributed by atoms with Crippen molar-refractivity contribution in [3.63, 3.8) is 0 Å². The first-order valence-electron chi connectivity index (χ1n) is 7.56. The van der Waals surface area contributed by atoms with Gasteiger partial charge in [0.1, 0.15) is 0 Å². The number of hydrogen-bond acceptors (Lipinski definition) is 5. The van der Waals surface area contributed by atoms with Gasteiger partial charge < -0.3 is 9.73 Å². The smallest absolute Gasteiger partial charge is 0.287 e. The van der Waals surface area contributed by atoms with Gasteiger partial charge in [-0.2, -0.15) is 0 Å². The molecule has 3 aromatic heterocycles. The lowest BCUT2D eigenvalue weighted by molar-refractivity contribution is 0.0927. The van der Waals surface area contributed by atoms with Crippen LogP contribution in [-0.2, 0) is 6.42 Å². The number of hydrogen-bond donors (Lipinski definition) is 1. The van der Waals surface area contributed by atoms with Gasteiger partial charge in [-0.15, -0.1) is 22.7 Å². The summed E-state index contributed by atoms with van der Waals surface area (Å²) in [6.07, 6.45) is 0.828. The summed E-state index contributed by atoms with van der Waals surface area (Å²) in [5.74, 6) is 0.744. The second-order valence-corrected chi connectivity index (χ2v) is 7.30. The highest BCUT2D eigenvalue weighted by Crippen LogP contribution is 2.31. The standard InChI is InChI=1S/C18H14N2O2S2/c21-17(19-10-9-12-4-3-11-23-12)14-7-8-15(22-14)18-20-13-5-1-2-6-16(13)24-18/h1-8,11H,9-10H2,(H,19,21). The maximum absolute atomic E-state index is 12.2. The number of fused-ring (bicyclic) bond motifs is 1. The zero-order valence-electron chi connectivity index (χ0n) is 12.7. The molecule has 0 bridgehead atoms. The molecule has 0 spiro atoms. The molecular formula is C18H14N2O2S2. The number of rotatable bonds is 5. The van der Waals surface area contributed by atoms with Crippen LogP contribution in [0.1, 0.15) is 15.4 Å². The predicted octanol–water partition coefficient (Wildman–Crippen LogP) is 4.59. The summed E-state index contributed by atoms with van der Waals surface area (Å²) in [6.45, 7) is 0.594. The topological polar surface area (TPSA) is 55.1 Å². The first-order valence-corrected chi connectivity index (χ1v) is 9.25. The van der Waals surface area contributed by atoms with E-state index < -0.39 is 0 Å². The van der Waals surface area contributed by atoms with Crippen molar-refractivity contribution in [2.24, 2.45) is 0 Å². The first kappa shape index (κ1) is 15.1. The third kappa shape index (κ3) is 3.11. The van der Waals surface area contributed by atoms with Crippen LogP contribution in [0.25, 0.3) is 21.0 Å². The summed E-state index contributed by atoms with van der Waals surface area (Å²) in [7, 11) is 0. The Labute approximate surface area is 146 Å². The Morgan fingerprint density at radius 3 is 2.88 bits per heavy atom. The van der Waals surface area contributed by atoms with Crippen molar-refractivity contribution in [3.05, 3.63) is 64.5 Å². The number of aromatic nitrogens is 1. The van der Waals surface area contributed by atoms with Crippen LogP contribution in [0.3, 0.4) is 0 Å². The van der Waals surface area contributed by atoms with Gasteiger partial charge in [-0.1, -0.05) is 18.2 Å². The molecule has 0 saturated carbocycles. The van der Waals surface area contributed by atoms with Crippen molar-refractivity contribution in [3.8, 4) is 10.8 Å². The summed E-state index contributed by atoms with van der Waals surface area (Å²) in [5, 5.41) is 5.71. The Kier molecular flexibility index (Phi) is 4.15. The minimum Gasteiger partial charge on any atom is -0.448 e. The van der Waals surface area contributed by atoms with Crippen LogP contribution in [0.5, 0.6) is 0 Å². The van der Waals surface area contributed by atoms with E-state index in [1.165, 1.54) is 4.88 Å². The molecule has 4 aromatic rings. The summed E-state index contributed by atoms with van der Waals surface area (Å²) < 4.78 is 6.79. The van der Waals surface area contributed by atoms with Crippen molar-refractivity contribution < 1.29 is 9.21 Å². The molecule has 0 radical (unpaired) electrons. The van der Waals surface area contributed by atoms with Crippen LogP contribution in [-0.4, -0.2) is 17.4 Å². The Hall–Kier alpha value is -2.44. The van der Waals surface area contributed by atoms with E-state index >= 15 is 0 Å². The Balaban J connectivity index is 1.44. The SMILES string of the molecule is O=C(NCCc1cccs1)c1ccc(-c2nc3ccccc3s2)o1. The van der Waals surface area contributed by atoms with Crippen LogP contribution in [0.4, 0.5) is 0 Å². The quantitative estimate of drug-likeness (QED) is 0.570. The van der Waals surface area contributed by atoms with E-state index in [-0.39, 0.29) is 5.91 Å². The lowest BCUT2D eigenvalue weighted by atomic mass is 10.3. The van der Waals surface area contributed by atoms with Crippen LogP contribution in [0.2, 0.25) is 0 Å². The molecule has 24 heavy (non-hydrogen) atoms. The van der Waals surface area contributed by atoms with Gasteiger partial charge in [-0.3, -0.25) is 4.79 Å². The molecular weight excluding hydrogens is 340 g/mol. The fourth-order valence-electron chi connectivity index (χ4n) is 2.39. The van der Waals surface area contributed by atoms with Gasteiger partial charge in [-0.25, -0.2) is 4.98 Å². The minimum atomic E-state index is -0.195. The molecule has 6 heteroatoms. The van der Waals surface area contributed by atoms with E-state index in [0.717, 1.165) is 21.6 Å². The van der Waals surface area contributed by atoms with E-state index in [4.69, 9.17) is 4.42 Å². The molecule has 0 unspecified atom stereocenters. The largest absolute Gasteiger partial charge is 0.448 e. The number of carbonyl (C=O) groups is 1. The van der Waals surface area contributed by atoms with E-state index in [1.807, 2.05) is 35.7 Å². The normalized spacial score (nSPS) is 11.0. The van der Waals surface area contributed by atoms with Crippen molar-refractivity contribution >= 4 is 38.8 Å². The van der Waals surface area contributed by atoms with Gasteiger partial charge in [0.05, 0.1) is 10.2 Å².